The molecule has 5 heteroatoms. The van der Waals surface area contributed by atoms with Crippen LogP contribution in [0.3, 0.4) is 0 Å². The van der Waals surface area contributed by atoms with E-state index >= 15 is 0 Å². The van der Waals surface area contributed by atoms with Crippen LogP contribution in [0.1, 0.15) is 25.0 Å². The van der Waals surface area contributed by atoms with Gasteiger partial charge in [0.1, 0.15) is 11.6 Å². The largest absolute Gasteiger partial charge is 0.343 e. The van der Waals surface area contributed by atoms with Gasteiger partial charge in [0.2, 0.25) is 0 Å². The minimum absolute atomic E-state index is 0.0259. The molecule has 26 heavy (non-hydrogen) atoms. The van der Waals surface area contributed by atoms with Gasteiger partial charge in [0.25, 0.3) is 0 Å². The third kappa shape index (κ3) is 4.01. The lowest BCUT2D eigenvalue weighted by molar-refractivity contribution is 0.551. The molecule has 2 aromatic carbocycles. The number of halogens is 4. The number of rotatable bonds is 2. The van der Waals surface area contributed by atoms with Crippen LogP contribution in [0.5, 0.6) is 0 Å². The summed E-state index contributed by atoms with van der Waals surface area (Å²) >= 11 is 7.93. The maximum Gasteiger partial charge on any atom is 0.136 e. The van der Waals surface area contributed by atoms with E-state index in [0.29, 0.717) is 11.4 Å². The molecule has 0 saturated heterocycles. The lowest BCUT2D eigenvalue weighted by Crippen LogP contribution is -2.21. The van der Waals surface area contributed by atoms with E-state index < -0.39 is 11.6 Å². The molecule has 1 nitrogen and oxygen atoms in total. The van der Waals surface area contributed by atoms with Crippen LogP contribution in [0, 0.1) is 11.6 Å². The average molecular weight is 486 g/mol. The number of benzene rings is 2. The smallest absolute Gasteiger partial charge is 0.136 e. The van der Waals surface area contributed by atoms with Gasteiger partial charge in [0.15, 0.2) is 0 Å². The highest BCUT2D eigenvalue weighted by atomic mass is 127. The van der Waals surface area contributed by atoms with Gasteiger partial charge in [-0.25, -0.2) is 8.78 Å². The van der Waals surface area contributed by atoms with Crippen molar-refractivity contribution in [3.63, 3.8) is 0 Å². The van der Waals surface area contributed by atoms with Crippen molar-refractivity contribution in [2.45, 2.75) is 13.8 Å². The van der Waals surface area contributed by atoms with E-state index in [0.717, 1.165) is 26.8 Å². The van der Waals surface area contributed by atoms with Crippen molar-refractivity contribution in [1.82, 2.24) is 4.90 Å². The predicted molar refractivity (Wildman–Crippen MR) is 115 cm³/mol. The summed E-state index contributed by atoms with van der Waals surface area (Å²) in [5.74, 6) is -1.40. The molecule has 0 bridgehead atoms. The molecule has 136 valence electrons. The first-order chi connectivity index (χ1) is 12.4. The Kier molecular flexibility index (Phi) is 7.01. The Morgan fingerprint density at radius 2 is 1.58 bits per heavy atom. The van der Waals surface area contributed by atoms with Crippen LogP contribution in [0.25, 0.3) is 11.3 Å². The Morgan fingerprint density at radius 3 is 2.12 bits per heavy atom. The van der Waals surface area contributed by atoms with Crippen molar-refractivity contribution < 1.29 is 8.78 Å². The predicted octanol–water partition coefficient (Wildman–Crippen LogP) is 7.29. The van der Waals surface area contributed by atoms with Crippen LogP contribution < -0.4 is 0 Å². The maximum absolute atomic E-state index is 14.5. The molecule has 0 spiro atoms. The molecule has 0 aliphatic carbocycles. The van der Waals surface area contributed by atoms with Crippen molar-refractivity contribution in [2.75, 3.05) is 7.05 Å². The zero-order valence-electron chi connectivity index (χ0n) is 14.8. The summed E-state index contributed by atoms with van der Waals surface area (Å²) in [4.78, 5) is 1.71. The van der Waals surface area contributed by atoms with Crippen LogP contribution in [0.2, 0.25) is 5.02 Å². The summed E-state index contributed by atoms with van der Waals surface area (Å²) in [5, 5.41) is 0.0259. The molecule has 1 aliphatic rings. The fourth-order valence-corrected chi connectivity index (χ4v) is 3.53. The van der Waals surface area contributed by atoms with Gasteiger partial charge >= 0.3 is 0 Å². The number of nitrogens with zero attached hydrogens (tertiary/aromatic N) is 1. The van der Waals surface area contributed by atoms with Crippen molar-refractivity contribution in [1.29, 1.82) is 0 Å². The van der Waals surface area contributed by atoms with Crippen LogP contribution in [0.4, 0.5) is 8.78 Å². The molecule has 3 rings (SSSR count). The number of allylic oxidation sites excluding steroid dienone is 3. The molecule has 2 aromatic rings. The van der Waals surface area contributed by atoms with Crippen molar-refractivity contribution in [3.05, 3.63) is 92.2 Å². The summed E-state index contributed by atoms with van der Waals surface area (Å²) in [6.45, 7) is 8.00. The van der Waals surface area contributed by atoms with Gasteiger partial charge in [-0.2, -0.15) is 0 Å². The summed E-state index contributed by atoms with van der Waals surface area (Å²) in [6, 6.07) is 11.7. The molecule has 1 aliphatic heterocycles. The van der Waals surface area contributed by atoms with E-state index in [4.69, 9.17) is 11.6 Å². The monoisotopic (exact) mass is 485 g/mol. The van der Waals surface area contributed by atoms with Crippen molar-refractivity contribution in [3.8, 4) is 0 Å². The third-order valence-corrected chi connectivity index (χ3v) is 5.02. The highest BCUT2D eigenvalue weighted by Gasteiger charge is 2.27. The quantitative estimate of drug-likeness (QED) is 0.404. The molecule has 0 radical (unpaired) electrons. The molecule has 0 fully saturated rings. The normalized spacial score (nSPS) is 14.0. The third-order valence-electron chi connectivity index (χ3n) is 3.87. The SMILES string of the molecule is C=C1C(I)=CC(c2ccccc2)=C(c2c(F)cc(Cl)cc2F)N1C.CC. The van der Waals surface area contributed by atoms with Crippen LogP contribution in [0.15, 0.2) is 64.4 Å². The first-order valence-electron chi connectivity index (χ1n) is 8.15. The molecular formula is C21H19ClF2IN. The summed E-state index contributed by atoms with van der Waals surface area (Å²) in [6.07, 6.45) is 1.89. The first kappa shape index (κ1) is 20.6. The lowest BCUT2D eigenvalue weighted by atomic mass is 9.94. The van der Waals surface area contributed by atoms with E-state index in [1.807, 2.05) is 50.3 Å². The minimum atomic E-state index is -0.701. The molecule has 0 N–H and O–H groups in total. The maximum atomic E-state index is 14.5. The van der Waals surface area contributed by atoms with Gasteiger partial charge in [0, 0.05) is 26.9 Å². The van der Waals surface area contributed by atoms with E-state index in [9.17, 15) is 8.78 Å². The second-order valence-corrected chi connectivity index (χ2v) is 6.97. The van der Waals surface area contributed by atoms with Crippen LogP contribution >= 0.6 is 34.2 Å². The Labute approximate surface area is 171 Å². The van der Waals surface area contributed by atoms with E-state index in [2.05, 4.69) is 29.2 Å². The van der Waals surface area contributed by atoms with Crippen LogP contribution in [-0.4, -0.2) is 11.9 Å². The zero-order valence-corrected chi connectivity index (χ0v) is 17.7. The summed E-state index contributed by atoms with van der Waals surface area (Å²) in [5.41, 5.74) is 2.60. The Hall–Kier alpha value is -1.66. The fourth-order valence-electron chi connectivity index (χ4n) is 2.66. The summed E-state index contributed by atoms with van der Waals surface area (Å²) < 4.78 is 30.0. The lowest BCUT2D eigenvalue weighted by Gasteiger charge is -2.31. The van der Waals surface area contributed by atoms with E-state index in [-0.39, 0.29) is 10.6 Å². The zero-order chi connectivity index (χ0) is 19.4. The molecule has 0 unspecified atom stereocenters. The molecule has 1 heterocycles. The van der Waals surface area contributed by atoms with Gasteiger partial charge in [0.05, 0.1) is 11.3 Å². The van der Waals surface area contributed by atoms with E-state index in [1.165, 1.54) is 0 Å². The Bertz CT molecular complexity index is 865. The first-order valence-corrected chi connectivity index (χ1v) is 9.60. The van der Waals surface area contributed by atoms with Gasteiger partial charge < -0.3 is 4.90 Å². The highest BCUT2D eigenvalue weighted by Crippen LogP contribution is 2.42. The van der Waals surface area contributed by atoms with Crippen molar-refractivity contribution >= 4 is 45.5 Å². The standard InChI is InChI=1S/C19H13ClF2IN.C2H6/c1-11-17(23)10-14(12-6-4-3-5-7-12)19(24(11)2)18-15(21)8-13(20)9-16(18)22;1-2/h3-10H,1H2,2H3;1-2H3. The molecule has 0 aromatic heterocycles. The summed E-state index contributed by atoms with van der Waals surface area (Å²) in [7, 11) is 1.75. The number of hydrogen-bond acceptors (Lipinski definition) is 1. The molecular weight excluding hydrogens is 467 g/mol. The average Bonchev–Trinajstić information content (AvgIpc) is 2.63. The van der Waals surface area contributed by atoms with Crippen molar-refractivity contribution in [2.24, 2.45) is 0 Å². The second kappa shape index (κ2) is 8.82. The minimum Gasteiger partial charge on any atom is -0.343 e. The second-order valence-electron chi connectivity index (χ2n) is 5.37. The van der Waals surface area contributed by atoms with E-state index in [1.54, 1.807) is 11.9 Å². The van der Waals surface area contributed by atoms with Gasteiger partial charge in [-0.15, -0.1) is 0 Å². The van der Waals surface area contributed by atoms with Crippen LogP contribution in [-0.2, 0) is 0 Å². The molecule has 0 saturated carbocycles. The molecule has 0 amide bonds. The number of hydrogen-bond donors (Lipinski definition) is 0. The topological polar surface area (TPSA) is 3.24 Å². The Morgan fingerprint density at radius 1 is 1.04 bits per heavy atom. The number of likely N-dealkylation sites (N-methyl/N-ethyl adjacent to an activating group) is 1. The Balaban J connectivity index is 0.00000117. The van der Waals surface area contributed by atoms with Gasteiger partial charge in [-0.1, -0.05) is 62.4 Å². The van der Waals surface area contributed by atoms with Gasteiger partial charge in [-0.05, 0) is 46.4 Å². The highest BCUT2D eigenvalue weighted by molar-refractivity contribution is 14.1. The molecule has 0 atom stereocenters. The van der Waals surface area contributed by atoms with Gasteiger partial charge in [-0.3, -0.25) is 0 Å². The fraction of sp³-hybridized carbons (Fsp3) is 0.143.